The maximum atomic E-state index is 14.4. The molecule has 0 aliphatic rings. The summed E-state index contributed by atoms with van der Waals surface area (Å²) < 4.78 is 289. The Balaban J connectivity index is 0.000000540. The molecule has 4 aromatic heterocycles. The molecule has 0 aliphatic heterocycles. The van der Waals surface area contributed by atoms with Crippen molar-refractivity contribution in [3.8, 4) is 29.8 Å². The normalized spacial score (nSPS) is 12.1. The molecule has 5 N–H and O–H groups in total. The molecule has 0 radical (unpaired) electrons. The standard InChI is InChI=1S/C23H30FNO4S.C14H19FO4S.C12H15FO4S.C10H13F3N2O.C10H9F3N2O.C9H10BrFO2S.C7H7BrFN.C7H2ClF3N2/c1-15(2)29-23-19(7-6-16(3)25-23)10-11-22(26)17(4)20-9-8-18(21(24)14-20)12-13-30(5,27)28;1-4-19-14(16)10(2)12-6-5-11(13(15)9-12)7-8-20(3,17)18;1-8(12(14)15)10-4-3-9(11(13)7-10)5-6-18(2,16)17;2*1-6(2)16-9-7(5-14)3-4-8(15-9)10(11,12)13;1-14(12,13)5-4-7-2-3-8(10)6-9(7)11;8-6-2-1-5(4-10)7(9)3-6;8-6-4(3-12)1-2-5(13-6)7(9,10)11/h6-9,14-15,17H,10-13H2,1-5H3;5-6,9-10H,4,7-8H2,1-3H3;3-4,7-8H,5-6H2,1-2H3,(H,14,15);3-4,6H,5,14H2,1-2H3;3-4,6H,1-2H3;2-3,6H,4-5H2,1H3;1-3H,4,10H2;1-2H. The molecule has 3 unspecified atom stereocenters. The molecule has 0 amide bonds. The first kappa shape index (κ1) is 123. The van der Waals surface area contributed by atoms with E-state index in [1.165, 1.54) is 55.5 Å². The number of carboxylic acids is 1. The van der Waals surface area contributed by atoms with Crippen LogP contribution in [0.2, 0.25) is 5.15 Å². The third-order valence-electron chi connectivity index (χ3n) is 18.2. The smallest absolute Gasteiger partial charge is 0.433 e. The van der Waals surface area contributed by atoms with Gasteiger partial charge in [0.15, 0.2) is 0 Å². The summed E-state index contributed by atoms with van der Waals surface area (Å²) >= 11 is 11.6. The molecular formula is C92H105Br2ClF14N8O16S4. The lowest BCUT2D eigenvalue weighted by Crippen LogP contribution is -2.14. The van der Waals surface area contributed by atoms with E-state index in [1.54, 1.807) is 103 Å². The Morgan fingerprint density at radius 2 is 0.737 bits per heavy atom. The predicted molar refractivity (Wildman–Crippen MR) is 498 cm³/mol. The Hall–Kier alpha value is -10.3. The summed E-state index contributed by atoms with van der Waals surface area (Å²) in [5.41, 5.74) is 13.0. The van der Waals surface area contributed by atoms with Crippen molar-refractivity contribution in [2.24, 2.45) is 11.5 Å². The molecule has 137 heavy (non-hydrogen) atoms. The SMILES string of the molecule is CC(C(=O)O)c1ccc(CCS(C)(=O)=O)c(F)c1.CC(C)Oc1nc(C(F)(F)F)ccc1C#N.CC(C)Oc1nc(C(F)(F)F)ccc1CN.CCOC(=O)C(C)c1ccc(CCS(C)(=O)=O)c(F)c1.CS(=O)(=O)CCc1ccc(Br)cc1F.Cc1ccc(CCC(=O)C(C)c2ccc(CCS(C)(=O)=O)c(F)c2)c(OC(C)C)n1.N#Cc1ccc(C(F)(F)F)nc1Cl.NCc1ccc(Br)cc1F. The molecule has 0 spiro atoms. The van der Waals surface area contributed by atoms with Crippen LogP contribution in [0, 0.1) is 58.7 Å². The summed E-state index contributed by atoms with van der Waals surface area (Å²) in [6.07, 6.45) is -8.34. The number of nitrogens with two attached hydrogens (primary N) is 2. The molecule has 0 saturated carbocycles. The van der Waals surface area contributed by atoms with Crippen molar-refractivity contribution < 1.29 is 134 Å². The lowest BCUT2D eigenvalue weighted by molar-refractivity contribution is -0.144. The van der Waals surface area contributed by atoms with Crippen LogP contribution in [0.25, 0.3) is 0 Å². The van der Waals surface area contributed by atoms with Gasteiger partial charge >= 0.3 is 30.5 Å². The number of carboxylic acid groups (broad SMARTS) is 1. The number of rotatable bonds is 30. The van der Waals surface area contributed by atoms with Crippen LogP contribution in [0.1, 0.15) is 183 Å². The van der Waals surface area contributed by atoms with Gasteiger partial charge in [-0.2, -0.15) is 50.0 Å². The average molecular weight is 2170 g/mol. The second-order valence-corrected chi connectivity index (χ2v) is 42.3. The summed E-state index contributed by atoms with van der Waals surface area (Å²) in [5, 5.41) is 25.4. The number of Topliss-reactive ketones (excluding diaryl/α,β-unsaturated/α-hetero) is 1. The van der Waals surface area contributed by atoms with Gasteiger partial charge < -0.3 is 35.5 Å². The minimum absolute atomic E-state index is 0.00522. The third-order valence-corrected chi connectivity index (χ3v) is 23.2. The Morgan fingerprint density at radius 1 is 0.423 bits per heavy atom. The van der Waals surface area contributed by atoms with E-state index < -0.39 is 127 Å². The molecule has 752 valence electrons. The van der Waals surface area contributed by atoms with E-state index in [9.17, 15) is 110 Å². The van der Waals surface area contributed by atoms with E-state index in [0.29, 0.717) is 67.3 Å². The summed E-state index contributed by atoms with van der Waals surface area (Å²) in [7, 11) is -12.5. The van der Waals surface area contributed by atoms with Crippen molar-refractivity contribution in [2.75, 3.05) is 54.6 Å². The first-order chi connectivity index (χ1) is 63.2. The molecule has 3 atom stereocenters. The van der Waals surface area contributed by atoms with Gasteiger partial charge in [0, 0.05) is 81.8 Å². The maximum Gasteiger partial charge on any atom is 0.433 e. The fourth-order valence-electron chi connectivity index (χ4n) is 10.8. The highest BCUT2D eigenvalue weighted by molar-refractivity contribution is 9.10. The van der Waals surface area contributed by atoms with Crippen molar-refractivity contribution in [1.29, 1.82) is 10.5 Å². The number of carbonyl (C=O) groups is 3. The predicted octanol–water partition coefficient (Wildman–Crippen LogP) is 19.8. The molecule has 24 nitrogen and oxygen atoms in total. The zero-order chi connectivity index (χ0) is 105. The zero-order valence-corrected chi connectivity index (χ0v) is 84.1. The number of aliphatic carboxylic acids is 1. The van der Waals surface area contributed by atoms with Gasteiger partial charge in [-0.25, -0.2) is 75.6 Å². The van der Waals surface area contributed by atoms with E-state index in [0.717, 1.165) is 71.1 Å². The minimum atomic E-state index is -4.54. The van der Waals surface area contributed by atoms with Crippen LogP contribution in [0.4, 0.5) is 61.5 Å². The highest BCUT2D eigenvalue weighted by Crippen LogP contribution is 2.35. The molecule has 9 aromatic rings. The van der Waals surface area contributed by atoms with Crippen LogP contribution >= 0.6 is 43.5 Å². The number of aryl methyl sites for hydroxylation is 6. The van der Waals surface area contributed by atoms with Gasteiger partial charge in [0.05, 0.1) is 65.3 Å². The number of pyridine rings is 4. The summed E-state index contributed by atoms with van der Waals surface area (Å²) in [6.45, 7) is 19.6. The number of sulfone groups is 4. The van der Waals surface area contributed by atoms with Crippen LogP contribution in [0.5, 0.6) is 17.6 Å². The van der Waals surface area contributed by atoms with Gasteiger partial charge in [-0.3, -0.25) is 14.4 Å². The first-order valence-electron chi connectivity index (χ1n) is 41.1. The minimum Gasteiger partial charge on any atom is -0.481 e. The number of halogens is 17. The highest BCUT2D eigenvalue weighted by Gasteiger charge is 2.36. The monoisotopic (exact) mass is 2160 g/mol. The van der Waals surface area contributed by atoms with E-state index in [1.807, 2.05) is 32.9 Å². The second kappa shape index (κ2) is 56.7. The maximum absolute atomic E-state index is 14.4. The van der Waals surface area contributed by atoms with Gasteiger partial charge in [0.25, 0.3) is 0 Å². The number of hydrogen-bond acceptors (Lipinski definition) is 23. The van der Waals surface area contributed by atoms with Crippen LogP contribution in [0.15, 0.2) is 148 Å². The van der Waals surface area contributed by atoms with Gasteiger partial charge in [0.1, 0.15) is 114 Å². The Morgan fingerprint density at radius 3 is 1.07 bits per heavy atom. The average Bonchev–Trinajstić information content (AvgIpc) is 0.760. The van der Waals surface area contributed by atoms with Crippen molar-refractivity contribution in [3.05, 3.63) is 272 Å². The number of aromatic nitrogens is 4. The molecular weight excluding hydrogens is 2060 g/mol. The van der Waals surface area contributed by atoms with E-state index in [-0.39, 0.29) is 139 Å². The van der Waals surface area contributed by atoms with Gasteiger partial charge in [0.2, 0.25) is 17.6 Å². The number of esters is 1. The van der Waals surface area contributed by atoms with E-state index in [4.69, 9.17) is 57.6 Å². The fraction of sp³-hybridized carbons (Fsp3) is 0.402. The molecule has 45 heteroatoms. The van der Waals surface area contributed by atoms with Crippen LogP contribution in [-0.2, 0) is 122 Å². The van der Waals surface area contributed by atoms with Crippen molar-refractivity contribution >= 4 is 101 Å². The lowest BCUT2D eigenvalue weighted by Gasteiger charge is -2.15. The summed E-state index contributed by atoms with van der Waals surface area (Å²) in [4.78, 5) is 49.2. The highest BCUT2D eigenvalue weighted by atomic mass is 79.9. The molecule has 0 saturated heterocycles. The number of hydrogen-bond donors (Lipinski definition) is 3. The number of nitriles is 2. The largest absolute Gasteiger partial charge is 0.481 e. The number of ether oxygens (including phenoxy) is 4. The number of nitrogens with zero attached hydrogens (tertiary/aromatic N) is 6. The van der Waals surface area contributed by atoms with Crippen LogP contribution < -0.4 is 25.7 Å². The molecule has 0 fully saturated rings. The number of benzene rings is 5. The Kier molecular flexibility index (Phi) is 50.8. The quantitative estimate of drug-likeness (QED) is 0.0214. The van der Waals surface area contributed by atoms with Crippen LogP contribution in [-0.4, -0.2) is 149 Å². The number of ketones is 1. The van der Waals surface area contributed by atoms with Crippen molar-refractivity contribution in [3.63, 3.8) is 0 Å². The van der Waals surface area contributed by atoms with E-state index in [2.05, 4.69) is 51.8 Å². The summed E-state index contributed by atoms with van der Waals surface area (Å²) in [6, 6.07) is 35.4. The second-order valence-electron chi connectivity index (χ2n) is 31.1. The van der Waals surface area contributed by atoms with Gasteiger partial charge in [-0.15, -0.1) is 0 Å². The first-order valence-corrected chi connectivity index (χ1v) is 51.3. The van der Waals surface area contributed by atoms with Gasteiger partial charge in [-0.05, 0) is 219 Å². The number of alkyl halides is 9. The lowest BCUT2D eigenvalue weighted by atomic mass is 9.92. The molecule has 0 aliphatic carbocycles. The number of carbonyl (C=O) groups excluding carboxylic acids is 2. The van der Waals surface area contributed by atoms with Crippen molar-refractivity contribution in [1.82, 2.24) is 19.9 Å². The topological polar surface area (TPSA) is 396 Å². The zero-order valence-electron chi connectivity index (χ0n) is 76.9. The molecule has 0 bridgehead atoms. The molecule has 5 aromatic carbocycles. The molecule has 4 heterocycles. The van der Waals surface area contributed by atoms with Crippen LogP contribution in [0.3, 0.4) is 0 Å². The molecule has 9 rings (SSSR count). The Bertz CT molecular complexity index is 6120. The van der Waals surface area contributed by atoms with E-state index >= 15 is 0 Å². The van der Waals surface area contributed by atoms with Gasteiger partial charge in [-0.1, -0.05) is 111 Å². The fourth-order valence-corrected chi connectivity index (χ4v) is 14.0. The van der Waals surface area contributed by atoms with Crippen molar-refractivity contribution in [2.45, 2.75) is 182 Å². The third kappa shape index (κ3) is 47.7. The Labute approximate surface area is 809 Å². The summed E-state index contributed by atoms with van der Waals surface area (Å²) in [5.74, 6) is -5.55.